The number of rotatable bonds is 3. The zero-order chi connectivity index (χ0) is 14.0. The fraction of sp³-hybridized carbons (Fsp3) is 0.867. The van der Waals surface area contributed by atoms with Crippen LogP contribution in [-0.4, -0.2) is 18.1 Å². The van der Waals surface area contributed by atoms with Crippen LogP contribution in [0.4, 0.5) is 0 Å². The largest absolute Gasteiger partial charge is 0.441 e. The average Bonchev–Trinajstić information content (AvgIpc) is 2.74. The molecule has 1 aliphatic heterocycles. The van der Waals surface area contributed by atoms with Crippen LogP contribution in [0.3, 0.4) is 0 Å². The molecule has 1 amide bonds. The van der Waals surface area contributed by atoms with Crippen LogP contribution in [0.5, 0.6) is 0 Å². The van der Waals surface area contributed by atoms with Crippen LogP contribution >= 0.6 is 0 Å². The van der Waals surface area contributed by atoms with Gasteiger partial charge < -0.3 is 10.1 Å². The molecule has 4 unspecified atom stereocenters. The molecular formula is C15H25NO3. The van der Waals surface area contributed by atoms with Gasteiger partial charge in [-0.1, -0.05) is 27.2 Å². The minimum absolute atomic E-state index is 0.00116. The summed E-state index contributed by atoms with van der Waals surface area (Å²) in [6.07, 6.45) is 3.90. The van der Waals surface area contributed by atoms with Crippen LogP contribution in [0.2, 0.25) is 0 Å². The summed E-state index contributed by atoms with van der Waals surface area (Å²) in [5.41, 5.74) is 0. The maximum atomic E-state index is 12.3. The summed E-state index contributed by atoms with van der Waals surface area (Å²) in [7, 11) is 0. The number of carbonyl (C=O) groups is 2. The number of ether oxygens (including phenoxy) is 1. The van der Waals surface area contributed by atoms with Crippen LogP contribution in [0, 0.1) is 23.7 Å². The van der Waals surface area contributed by atoms with Crippen molar-refractivity contribution in [3.05, 3.63) is 0 Å². The molecule has 4 heteroatoms. The van der Waals surface area contributed by atoms with E-state index in [0.29, 0.717) is 30.6 Å². The first-order valence-electron chi connectivity index (χ1n) is 7.47. The lowest BCUT2D eigenvalue weighted by Gasteiger charge is -2.36. The fourth-order valence-electron chi connectivity index (χ4n) is 3.38. The van der Waals surface area contributed by atoms with Crippen molar-refractivity contribution < 1.29 is 14.3 Å². The van der Waals surface area contributed by atoms with Crippen molar-refractivity contribution in [2.75, 3.05) is 0 Å². The molecule has 2 fully saturated rings. The van der Waals surface area contributed by atoms with Gasteiger partial charge in [0.25, 0.3) is 0 Å². The van der Waals surface area contributed by atoms with Gasteiger partial charge in [0.05, 0.1) is 5.92 Å². The number of hydrogen-bond acceptors (Lipinski definition) is 3. The Balaban J connectivity index is 1.96. The summed E-state index contributed by atoms with van der Waals surface area (Å²) < 4.78 is 5.48. The van der Waals surface area contributed by atoms with Gasteiger partial charge >= 0.3 is 5.97 Å². The fourth-order valence-corrected chi connectivity index (χ4v) is 3.38. The Labute approximate surface area is 115 Å². The van der Waals surface area contributed by atoms with Crippen molar-refractivity contribution >= 4 is 11.9 Å². The minimum atomic E-state index is -0.398. The summed E-state index contributed by atoms with van der Waals surface area (Å²) in [4.78, 5) is 23.5. The first-order chi connectivity index (χ1) is 8.97. The van der Waals surface area contributed by atoms with E-state index in [2.05, 4.69) is 26.1 Å². The van der Waals surface area contributed by atoms with Crippen molar-refractivity contribution in [3.8, 4) is 0 Å². The topological polar surface area (TPSA) is 55.4 Å². The number of hydrogen-bond donors (Lipinski definition) is 1. The van der Waals surface area contributed by atoms with Crippen LogP contribution < -0.4 is 5.32 Å². The van der Waals surface area contributed by atoms with E-state index < -0.39 is 6.23 Å². The Morgan fingerprint density at radius 1 is 1.32 bits per heavy atom. The van der Waals surface area contributed by atoms with Gasteiger partial charge in [0.15, 0.2) is 6.23 Å². The predicted molar refractivity (Wildman–Crippen MR) is 72.1 cm³/mol. The molecule has 4 nitrogen and oxygen atoms in total. The second-order valence-electron chi connectivity index (χ2n) is 6.46. The molecule has 1 saturated carbocycles. The molecule has 2 rings (SSSR count). The third-order valence-electron chi connectivity index (χ3n) is 4.54. The summed E-state index contributed by atoms with van der Waals surface area (Å²) >= 11 is 0. The smallest absolute Gasteiger partial charge is 0.311 e. The van der Waals surface area contributed by atoms with Crippen molar-refractivity contribution in [3.63, 3.8) is 0 Å². The van der Waals surface area contributed by atoms with E-state index in [1.807, 2.05) is 0 Å². The molecule has 2 aliphatic rings. The molecular weight excluding hydrogens is 242 g/mol. The predicted octanol–water partition coefficient (Wildman–Crippen LogP) is 2.47. The molecule has 1 N–H and O–H groups in total. The molecule has 0 spiro atoms. The molecule has 0 aromatic heterocycles. The van der Waals surface area contributed by atoms with Gasteiger partial charge in [-0.3, -0.25) is 9.59 Å². The second kappa shape index (κ2) is 5.93. The monoisotopic (exact) mass is 267 g/mol. The van der Waals surface area contributed by atoms with E-state index in [1.165, 1.54) is 6.42 Å². The van der Waals surface area contributed by atoms with Crippen molar-refractivity contribution in [2.45, 2.75) is 59.1 Å². The summed E-state index contributed by atoms with van der Waals surface area (Å²) in [6, 6.07) is 0. The molecule has 1 aliphatic carbocycles. The van der Waals surface area contributed by atoms with E-state index in [0.717, 1.165) is 12.8 Å². The van der Waals surface area contributed by atoms with Crippen molar-refractivity contribution in [2.24, 2.45) is 23.7 Å². The number of nitrogens with one attached hydrogen (secondary N) is 1. The van der Waals surface area contributed by atoms with Crippen LogP contribution in [0.15, 0.2) is 0 Å². The highest BCUT2D eigenvalue weighted by Gasteiger charge is 2.38. The Hall–Kier alpha value is -1.06. The third-order valence-corrected chi connectivity index (χ3v) is 4.54. The van der Waals surface area contributed by atoms with Crippen molar-refractivity contribution in [1.29, 1.82) is 0 Å². The molecule has 1 saturated heterocycles. The van der Waals surface area contributed by atoms with Crippen LogP contribution in [0.1, 0.15) is 52.9 Å². The van der Waals surface area contributed by atoms with Gasteiger partial charge in [0, 0.05) is 12.8 Å². The normalized spacial score (nSPS) is 35.3. The Kier molecular flexibility index (Phi) is 4.48. The zero-order valence-corrected chi connectivity index (χ0v) is 12.1. The first-order valence-corrected chi connectivity index (χ1v) is 7.47. The van der Waals surface area contributed by atoms with E-state index in [-0.39, 0.29) is 17.8 Å². The number of amides is 1. The van der Waals surface area contributed by atoms with E-state index in [9.17, 15) is 9.59 Å². The third kappa shape index (κ3) is 3.48. The molecule has 108 valence electrons. The van der Waals surface area contributed by atoms with E-state index in [1.54, 1.807) is 0 Å². The van der Waals surface area contributed by atoms with E-state index in [4.69, 9.17) is 4.74 Å². The molecule has 4 atom stereocenters. The molecule has 19 heavy (non-hydrogen) atoms. The minimum Gasteiger partial charge on any atom is -0.441 e. The van der Waals surface area contributed by atoms with Gasteiger partial charge in [0.2, 0.25) is 5.91 Å². The summed E-state index contributed by atoms with van der Waals surface area (Å²) in [5, 5.41) is 2.70. The van der Waals surface area contributed by atoms with Gasteiger partial charge in [0.1, 0.15) is 0 Å². The molecule has 0 radical (unpaired) electrons. The molecule has 0 aromatic carbocycles. The van der Waals surface area contributed by atoms with Gasteiger partial charge in [-0.2, -0.15) is 0 Å². The van der Waals surface area contributed by atoms with Crippen LogP contribution in [-0.2, 0) is 14.3 Å². The quantitative estimate of drug-likeness (QED) is 0.799. The SMILES string of the molecule is CC1CCC(C(C)C)C(C(=O)OC2CCC(=O)N2)C1. The highest BCUT2D eigenvalue weighted by atomic mass is 16.6. The van der Waals surface area contributed by atoms with Gasteiger partial charge in [-0.25, -0.2) is 0 Å². The lowest BCUT2D eigenvalue weighted by atomic mass is 9.70. The second-order valence-corrected chi connectivity index (χ2v) is 6.46. The first kappa shape index (κ1) is 14.4. The Morgan fingerprint density at radius 3 is 2.63 bits per heavy atom. The number of carbonyl (C=O) groups excluding carboxylic acids is 2. The molecule has 1 heterocycles. The summed E-state index contributed by atoms with van der Waals surface area (Å²) in [6.45, 7) is 6.56. The number of esters is 1. The molecule has 0 aromatic rings. The highest BCUT2D eigenvalue weighted by Crippen LogP contribution is 2.38. The summed E-state index contributed by atoms with van der Waals surface area (Å²) in [5.74, 6) is 1.38. The van der Waals surface area contributed by atoms with Crippen molar-refractivity contribution in [1.82, 2.24) is 5.32 Å². The Morgan fingerprint density at radius 2 is 2.05 bits per heavy atom. The maximum Gasteiger partial charge on any atom is 0.311 e. The van der Waals surface area contributed by atoms with Gasteiger partial charge in [-0.15, -0.1) is 0 Å². The van der Waals surface area contributed by atoms with E-state index >= 15 is 0 Å². The Bertz CT molecular complexity index is 353. The standard InChI is InChI=1S/C15H25NO3/c1-9(2)11-5-4-10(3)8-12(11)15(18)19-14-7-6-13(17)16-14/h9-12,14H,4-8H2,1-3H3,(H,16,17). The molecule has 0 bridgehead atoms. The lowest BCUT2D eigenvalue weighted by molar-refractivity contribution is -0.160. The maximum absolute atomic E-state index is 12.3. The highest BCUT2D eigenvalue weighted by molar-refractivity contribution is 5.79. The van der Waals surface area contributed by atoms with Gasteiger partial charge in [-0.05, 0) is 30.6 Å². The lowest BCUT2D eigenvalue weighted by Crippen LogP contribution is -2.38. The van der Waals surface area contributed by atoms with Crippen LogP contribution in [0.25, 0.3) is 0 Å². The average molecular weight is 267 g/mol. The zero-order valence-electron chi connectivity index (χ0n) is 12.1.